The van der Waals surface area contributed by atoms with Crippen molar-refractivity contribution in [3.05, 3.63) is 69.4 Å². The fraction of sp³-hybridized carbons (Fsp3) is 0.143. The first-order valence-electron chi connectivity index (χ1n) is 8.73. The van der Waals surface area contributed by atoms with Crippen LogP contribution in [0, 0.1) is 0 Å². The third-order valence-electron chi connectivity index (χ3n) is 4.36. The molecule has 4 nitrogen and oxygen atoms in total. The number of halogens is 2. The second-order valence-corrected chi connectivity index (χ2v) is 7.95. The van der Waals surface area contributed by atoms with Gasteiger partial charge in [0.25, 0.3) is 5.91 Å². The van der Waals surface area contributed by atoms with Crippen molar-refractivity contribution in [2.45, 2.75) is 13.5 Å². The number of ether oxygens (including phenoxy) is 1. The van der Waals surface area contributed by atoms with Crippen molar-refractivity contribution in [2.75, 3.05) is 6.61 Å². The van der Waals surface area contributed by atoms with Crippen molar-refractivity contribution < 1.29 is 9.53 Å². The number of carbonyl (C=O) groups is 1. The van der Waals surface area contributed by atoms with E-state index >= 15 is 0 Å². The molecule has 1 heterocycles. The Bertz CT molecular complexity index is 1260. The fourth-order valence-corrected chi connectivity index (χ4v) is 4.77. The minimum Gasteiger partial charge on any atom is -0.482 e. The summed E-state index contributed by atoms with van der Waals surface area (Å²) in [6, 6.07) is 17.2. The molecular weight excluding hydrogens is 415 g/mol. The SMILES string of the molecule is CCn1c(=NC(=O)COc2ccc(Cl)cc2Cl)sc2c3ccccc3ccc21. The third-order valence-corrected chi connectivity index (χ3v) is 6.01. The molecule has 0 radical (unpaired) electrons. The number of aryl methyl sites for hydroxylation is 1. The van der Waals surface area contributed by atoms with Crippen molar-refractivity contribution >= 4 is 61.4 Å². The standard InChI is InChI=1S/C21H16Cl2N2O2S/c1-2-25-17-9-7-13-5-3-4-6-15(13)20(17)28-21(25)24-19(26)12-27-18-10-8-14(22)11-16(18)23/h3-11H,2,12H2,1H3. The molecule has 0 fully saturated rings. The average molecular weight is 431 g/mol. The molecule has 1 aromatic heterocycles. The van der Waals surface area contributed by atoms with Crippen molar-refractivity contribution in [3.8, 4) is 5.75 Å². The van der Waals surface area contributed by atoms with Gasteiger partial charge in [0.15, 0.2) is 11.4 Å². The van der Waals surface area contributed by atoms with Crippen LogP contribution in [0.25, 0.3) is 21.0 Å². The van der Waals surface area contributed by atoms with Crippen LogP contribution in [0.4, 0.5) is 0 Å². The van der Waals surface area contributed by atoms with Crippen molar-refractivity contribution in [1.82, 2.24) is 4.57 Å². The molecule has 28 heavy (non-hydrogen) atoms. The highest BCUT2D eigenvalue weighted by Gasteiger charge is 2.11. The Labute approximate surface area is 175 Å². The van der Waals surface area contributed by atoms with E-state index in [0.29, 0.717) is 27.1 Å². The van der Waals surface area contributed by atoms with Crippen molar-refractivity contribution in [1.29, 1.82) is 0 Å². The van der Waals surface area contributed by atoms with E-state index in [0.717, 1.165) is 21.0 Å². The van der Waals surface area contributed by atoms with Crippen LogP contribution in [0.5, 0.6) is 5.75 Å². The van der Waals surface area contributed by atoms with E-state index in [-0.39, 0.29) is 12.5 Å². The lowest BCUT2D eigenvalue weighted by atomic mass is 10.1. The highest BCUT2D eigenvalue weighted by Crippen LogP contribution is 2.28. The van der Waals surface area contributed by atoms with Crippen LogP contribution in [-0.2, 0) is 11.3 Å². The van der Waals surface area contributed by atoms with E-state index < -0.39 is 0 Å². The Kier molecular flexibility index (Phi) is 5.40. The van der Waals surface area contributed by atoms with Gasteiger partial charge in [0, 0.05) is 17.0 Å². The summed E-state index contributed by atoms with van der Waals surface area (Å²) in [5.74, 6) is 0.0318. The molecule has 0 aliphatic heterocycles. The summed E-state index contributed by atoms with van der Waals surface area (Å²) in [4.78, 5) is 17.3. The largest absolute Gasteiger partial charge is 0.482 e. The molecule has 0 saturated heterocycles. The zero-order valence-corrected chi connectivity index (χ0v) is 17.3. The first-order chi connectivity index (χ1) is 13.6. The van der Waals surface area contributed by atoms with Gasteiger partial charge in [-0.15, -0.1) is 0 Å². The van der Waals surface area contributed by atoms with Gasteiger partial charge in [0.05, 0.1) is 15.2 Å². The Balaban J connectivity index is 1.68. The molecule has 0 aliphatic carbocycles. The summed E-state index contributed by atoms with van der Waals surface area (Å²) >= 11 is 13.5. The van der Waals surface area contributed by atoms with Crippen LogP contribution in [0.3, 0.4) is 0 Å². The van der Waals surface area contributed by atoms with Crippen molar-refractivity contribution in [2.24, 2.45) is 4.99 Å². The molecule has 0 saturated carbocycles. The molecule has 1 amide bonds. The van der Waals surface area contributed by atoms with Gasteiger partial charge in [-0.25, -0.2) is 0 Å². The summed E-state index contributed by atoms with van der Waals surface area (Å²) in [7, 11) is 0. The Morgan fingerprint density at radius 1 is 1.14 bits per heavy atom. The lowest BCUT2D eigenvalue weighted by Crippen LogP contribution is -2.18. The summed E-state index contributed by atoms with van der Waals surface area (Å²) in [6.07, 6.45) is 0. The summed E-state index contributed by atoms with van der Waals surface area (Å²) in [5.41, 5.74) is 1.07. The maximum Gasteiger partial charge on any atom is 0.286 e. The van der Waals surface area contributed by atoms with E-state index in [1.165, 1.54) is 11.3 Å². The number of amides is 1. The van der Waals surface area contributed by atoms with Crippen molar-refractivity contribution in [3.63, 3.8) is 0 Å². The molecule has 4 aromatic rings. The first kappa shape index (κ1) is 19.0. The van der Waals surface area contributed by atoms with E-state index in [1.807, 2.05) is 23.6 Å². The quantitative estimate of drug-likeness (QED) is 0.417. The number of nitrogens with zero attached hydrogens (tertiary/aromatic N) is 2. The predicted octanol–water partition coefficient (Wildman–Crippen LogP) is 5.69. The normalized spacial score (nSPS) is 12.0. The van der Waals surface area contributed by atoms with Crippen LogP contribution in [0.2, 0.25) is 10.0 Å². The highest BCUT2D eigenvalue weighted by molar-refractivity contribution is 7.17. The van der Waals surface area contributed by atoms with E-state index in [1.54, 1.807) is 18.2 Å². The topological polar surface area (TPSA) is 43.6 Å². The van der Waals surface area contributed by atoms with Gasteiger partial charge in [0.1, 0.15) is 5.75 Å². The van der Waals surface area contributed by atoms with Crippen LogP contribution in [0.1, 0.15) is 6.92 Å². The van der Waals surface area contributed by atoms with Gasteiger partial charge >= 0.3 is 0 Å². The predicted molar refractivity (Wildman–Crippen MR) is 116 cm³/mol. The minimum atomic E-state index is -0.371. The minimum absolute atomic E-state index is 0.194. The number of benzene rings is 3. The average Bonchev–Trinajstić information content (AvgIpc) is 3.04. The molecule has 4 rings (SSSR count). The van der Waals surface area contributed by atoms with Crippen LogP contribution >= 0.6 is 34.5 Å². The summed E-state index contributed by atoms with van der Waals surface area (Å²) < 4.78 is 8.67. The number of carbonyl (C=O) groups excluding carboxylic acids is 1. The monoisotopic (exact) mass is 430 g/mol. The molecule has 0 aliphatic rings. The fourth-order valence-electron chi connectivity index (χ4n) is 3.06. The number of fused-ring (bicyclic) bond motifs is 3. The van der Waals surface area contributed by atoms with E-state index in [4.69, 9.17) is 27.9 Å². The molecule has 0 unspecified atom stereocenters. The van der Waals surface area contributed by atoms with Gasteiger partial charge in [-0.05, 0) is 36.6 Å². The Hall–Kier alpha value is -2.34. The second kappa shape index (κ2) is 7.95. The number of rotatable bonds is 4. The molecule has 0 atom stereocenters. The van der Waals surface area contributed by atoms with Gasteiger partial charge in [-0.3, -0.25) is 4.79 Å². The zero-order valence-electron chi connectivity index (χ0n) is 15.0. The Morgan fingerprint density at radius 3 is 2.75 bits per heavy atom. The van der Waals surface area contributed by atoms with Gasteiger partial charge < -0.3 is 9.30 Å². The summed E-state index contributed by atoms with van der Waals surface area (Å²) in [6.45, 7) is 2.56. The maximum absolute atomic E-state index is 12.4. The molecule has 3 aromatic carbocycles. The number of hydrogen-bond acceptors (Lipinski definition) is 3. The molecule has 0 N–H and O–H groups in total. The molecule has 142 valence electrons. The Morgan fingerprint density at radius 2 is 1.96 bits per heavy atom. The first-order valence-corrected chi connectivity index (χ1v) is 10.3. The van der Waals surface area contributed by atoms with Gasteiger partial charge in [0.2, 0.25) is 0 Å². The van der Waals surface area contributed by atoms with Crippen LogP contribution in [0.15, 0.2) is 59.6 Å². The van der Waals surface area contributed by atoms with Crippen LogP contribution in [-0.4, -0.2) is 17.1 Å². The van der Waals surface area contributed by atoms with Gasteiger partial charge in [-0.2, -0.15) is 4.99 Å². The van der Waals surface area contributed by atoms with E-state index in [9.17, 15) is 4.79 Å². The lowest BCUT2D eigenvalue weighted by molar-refractivity contribution is -0.120. The third kappa shape index (κ3) is 3.65. The molecule has 7 heteroatoms. The maximum atomic E-state index is 12.4. The number of hydrogen-bond donors (Lipinski definition) is 0. The van der Waals surface area contributed by atoms with Crippen LogP contribution < -0.4 is 9.54 Å². The lowest BCUT2D eigenvalue weighted by Gasteiger charge is -2.05. The molecular formula is C21H16Cl2N2O2S. The van der Waals surface area contributed by atoms with E-state index in [2.05, 4.69) is 29.3 Å². The second-order valence-electron chi connectivity index (χ2n) is 6.13. The number of thiazole rings is 1. The molecule has 0 bridgehead atoms. The smallest absolute Gasteiger partial charge is 0.286 e. The summed E-state index contributed by atoms with van der Waals surface area (Å²) in [5, 5.41) is 3.19. The van der Waals surface area contributed by atoms with Gasteiger partial charge in [-0.1, -0.05) is 64.9 Å². The molecule has 0 spiro atoms. The zero-order chi connectivity index (χ0) is 19.7. The number of aromatic nitrogens is 1. The highest BCUT2D eigenvalue weighted by atomic mass is 35.5.